The van der Waals surface area contributed by atoms with Crippen molar-refractivity contribution in [2.24, 2.45) is 0 Å². The maximum absolute atomic E-state index is 11.5. The van der Waals surface area contributed by atoms with E-state index in [1.807, 2.05) is 31.2 Å². The molecule has 0 atom stereocenters. The molecular weight excluding hydrogens is 252 g/mol. The summed E-state index contributed by atoms with van der Waals surface area (Å²) in [4.78, 5) is 11.5. The fourth-order valence-corrected chi connectivity index (χ4v) is 1.63. The Morgan fingerprint density at radius 3 is 2.33 bits per heavy atom. The number of hydrogen-bond acceptors (Lipinski definition) is 3. The van der Waals surface area contributed by atoms with Gasteiger partial charge in [0.1, 0.15) is 0 Å². The Morgan fingerprint density at radius 1 is 1.28 bits per heavy atom. The number of benzene rings is 1. The third-order valence-electron chi connectivity index (χ3n) is 2.54. The molecule has 1 aromatic carbocycles. The highest BCUT2D eigenvalue weighted by atomic mass is 32.2. The number of nitrogens with one attached hydrogen (secondary N) is 1. The molecule has 5 nitrogen and oxygen atoms in total. The molecule has 0 heterocycles. The summed E-state index contributed by atoms with van der Waals surface area (Å²) in [5.41, 5.74) is 2.14. The van der Waals surface area contributed by atoms with Crippen LogP contribution in [-0.2, 0) is 21.4 Å². The van der Waals surface area contributed by atoms with Crippen molar-refractivity contribution in [1.82, 2.24) is 9.62 Å². The van der Waals surface area contributed by atoms with Gasteiger partial charge in [0, 0.05) is 13.6 Å². The first-order valence-corrected chi connectivity index (χ1v) is 7.37. The fraction of sp³-hybridized carbons (Fsp3) is 0.417. The Hall–Kier alpha value is -1.40. The van der Waals surface area contributed by atoms with E-state index in [9.17, 15) is 13.2 Å². The second-order valence-corrected chi connectivity index (χ2v) is 6.37. The van der Waals surface area contributed by atoms with Gasteiger partial charge in [0.2, 0.25) is 15.9 Å². The topological polar surface area (TPSA) is 66.5 Å². The standard InChI is InChI=1S/C12H18N2O3S/c1-10-4-6-11(7-5-10)8-13-12(15)9-14(2)18(3,16)17/h4-7H,8-9H2,1-3H3,(H,13,15). The summed E-state index contributed by atoms with van der Waals surface area (Å²) >= 11 is 0. The molecule has 0 aromatic heterocycles. The lowest BCUT2D eigenvalue weighted by molar-refractivity contribution is -0.121. The maximum Gasteiger partial charge on any atom is 0.235 e. The van der Waals surface area contributed by atoms with Crippen molar-refractivity contribution in [3.8, 4) is 0 Å². The van der Waals surface area contributed by atoms with E-state index in [2.05, 4.69) is 5.32 Å². The van der Waals surface area contributed by atoms with Crippen molar-refractivity contribution < 1.29 is 13.2 Å². The molecule has 0 aliphatic heterocycles. The van der Waals surface area contributed by atoms with Gasteiger partial charge in [0.15, 0.2) is 0 Å². The van der Waals surface area contributed by atoms with Gasteiger partial charge in [-0.15, -0.1) is 0 Å². The molecule has 1 N–H and O–H groups in total. The van der Waals surface area contributed by atoms with Gasteiger partial charge in [0.05, 0.1) is 12.8 Å². The van der Waals surface area contributed by atoms with E-state index < -0.39 is 10.0 Å². The molecule has 1 aromatic rings. The second-order valence-electron chi connectivity index (χ2n) is 4.28. The molecule has 100 valence electrons. The van der Waals surface area contributed by atoms with Crippen LogP contribution < -0.4 is 5.32 Å². The summed E-state index contributed by atoms with van der Waals surface area (Å²) < 4.78 is 23.3. The number of aryl methyl sites for hydroxylation is 1. The lowest BCUT2D eigenvalue weighted by Crippen LogP contribution is -2.37. The number of likely N-dealkylation sites (N-methyl/N-ethyl adjacent to an activating group) is 1. The van der Waals surface area contributed by atoms with Crippen LogP contribution in [0.5, 0.6) is 0 Å². The predicted molar refractivity (Wildman–Crippen MR) is 70.5 cm³/mol. The van der Waals surface area contributed by atoms with Crippen molar-refractivity contribution in [1.29, 1.82) is 0 Å². The zero-order valence-electron chi connectivity index (χ0n) is 10.8. The zero-order valence-corrected chi connectivity index (χ0v) is 11.6. The van der Waals surface area contributed by atoms with Crippen LogP contribution in [-0.4, -0.2) is 38.5 Å². The van der Waals surface area contributed by atoms with Gasteiger partial charge in [-0.1, -0.05) is 29.8 Å². The highest BCUT2D eigenvalue weighted by Crippen LogP contribution is 2.02. The minimum Gasteiger partial charge on any atom is -0.351 e. The van der Waals surface area contributed by atoms with Crippen LogP contribution in [0.1, 0.15) is 11.1 Å². The number of carbonyl (C=O) groups excluding carboxylic acids is 1. The Bertz CT molecular complexity index is 509. The van der Waals surface area contributed by atoms with E-state index in [0.717, 1.165) is 21.7 Å². The molecule has 0 fully saturated rings. The number of sulfonamides is 1. The van der Waals surface area contributed by atoms with Crippen LogP contribution in [0.15, 0.2) is 24.3 Å². The van der Waals surface area contributed by atoms with Crippen molar-refractivity contribution >= 4 is 15.9 Å². The predicted octanol–water partition coefficient (Wildman–Crippen LogP) is 0.503. The van der Waals surface area contributed by atoms with Gasteiger partial charge in [-0.2, -0.15) is 4.31 Å². The monoisotopic (exact) mass is 270 g/mol. The van der Waals surface area contributed by atoms with Gasteiger partial charge in [-0.05, 0) is 12.5 Å². The van der Waals surface area contributed by atoms with Crippen LogP contribution in [0, 0.1) is 6.92 Å². The molecule has 1 rings (SSSR count). The summed E-state index contributed by atoms with van der Waals surface area (Å²) in [7, 11) is -1.94. The molecular formula is C12H18N2O3S. The molecule has 0 aliphatic rings. The molecule has 0 saturated carbocycles. The molecule has 0 saturated heterocycles. The zero-order chi connectivity index (χ0) is 13.8. The Balaban J connectivity index is 2.45. The number of hydrogen-bond donors (Lipinski definition) is 1. The van der Waals surface area contributed by atoms with Crippen molar-refractivity contribution in [2.45, 2.75) is 13.5 Å². The van der Waals surface area contributed by atoms with E-state index in [4.69, 9.17) is 0 Å². The molecule has 0 radical (unpaired) electrons. The number of nitrogens with zero attached hydrogens (tertiary/aromatic N) is 1. The Morgan fingerprint density at radius 2 is 1.83 bits per heavy atom. The first-order chi connectivity index (χ1) is 8.29. The van der Waals surface area contributed by atoms with Crippen molar-refractivity contribution in [3.05, 3.63) is 35.4 Å². The SMILES string of the molecule is Cc1ccc(CNC(=O)CN(C)S(C)(=O)=O)cc1. The van der Waals surface area contributed by atoms with Crippen LogP contribution >= 0.6 is 0 Å². The molecule has 0 unspecified atom stereocenters. The van der Waals surface area contributed by atoms with Gasteiger partial charge in [0.25, 0.3) is 0 Å². The Labute approximate surface area is 108 Å². The molecule has 0 spiro atoms. The molecule has 0 bridgehead atoms. The lowest BCUT2D eigenvalue weighted by atomic mass is 10.1. The number of rotatable bonds is 5. The van der Waals surface area contributed by atoms with E-state index >= 15 is 0 Å². The van der Waals surface area contributed by atoms with Crippen molar-refractivity contribution in [3.63, 3.8) is 0 Å². The third kappa shape index (κ3) is 4.85. The van der Waals surface area contributed by atoms with E-state index in [1.165, 1.54) is 7.05 Å². The Kier molecular flexibility index (Phi) is 4.86. The smallest absolute Gasteiger partial charge is 0.235 e. The quantitative estimate of drug-likeness (QED) is 0.847. The average Bonchev–Trinajstić information content (AvgIpc) is 2.27. The highest BCUT2D eigenvalue weighted by Gasteiger charge is 2.14. The molecule has 0 aliphatic carbocycles. The maximum atomic E-state index is 11.5. The summed E-state index contributed by atoms with van der Waals surface area (Å²) in [6, 6.07) is 7.78. The van der Waals surface area contributed by atoms with Crippen LogP contribution in [0.3, 0.4) is 0 Å². The van der Waals surface area contributed by atoms with Gasteiger partial charge in [-0.25, -0.2) is 8.42 Å². The van der Waals surface area contributed by atoms with Crippen LogP contribution in [0.4, 0.5) is 0 Å². The molecule has 6 heteroatoms. The van der Waals surface area contributed by atoms with Crippen LogP contribution in [0.25, 0.3) is 0 Å². The largest absolute Gasteiger partial charge is 0.351 e. The highest BCUT2D eigenvalue weighted by molar-refractivity contribution is 7.88. The summed E-state index contributed by atoms with van der Waals surface area (Å²) in [5, 5.41) is 2.68. The summed E-state index contributed by atoms with van der Waals surface area (Å²) in [6.45, 7) is 2.23. The van der Waals surface area contributed by atoms with Crippen molar-refractivity contribution in [2.75, 3.05) is 19.8 Å². The lowest BCUT2D eigenvalue weighted by Gasteiger charge is -2.13. The number of carbonyl (C=O) groups is 1. The first-order valence-electron chi connectivity index (χ1n) is 5.52. The van der Waals surface area contributed by atoms with Crippen LogP contribution in [0.2, 0.25) is 0 Å². The molecule has 1 amide bonds. The number of amides is 1. The van der Waals surface area contributed by atoms with Gasteiger partial charge >= 0.3 is 0 Å². The van der Waals surface area contributed by atoms with Gasteiger partial charge in [-0.3, -0.25) is 4.79 Å². The first kappa shape index (κ1) is 14.7. The van der Waals surface area contributed by atoms with E-state index in [0.29, 0.717) is 6.54 Å². The fourth-order valence-electron chi connectivity index (χ4n) is 1.28. The van der Waals surface area contributed by atoms with E-state index in [-0.39, 0.29) is 12.5 Å². The summed E-state index contributed by atoms with van der Waals surface area (Å²) in [5.74, 6) is -0.316. The minimum atomic E-state index is -3.31. The second kappa shape index (κ2) is 5.97. The molecule has 18 heavy (non-hydrogen) atoms. The average molecular weight is 270 g/mol. The normalized spacial score (nSPS) is 11.6. The minimum absolute atomic E-state index is 0.162. The van der Waals surface area contributed by atoms with Gasteiger partial charge < -0.3 is 5.32 Å². The third-order valence-corrected chi connectivity index (χ3v) is 3.80. The summed E-state index contributed by atoms with van der Waals surface area (Å²) in [6.07, 6.45) is 1.07. The van der Waals surface area contributed by atoms with E-state index in [1.54, 1.807) is 0 Å².